The van der Waals surface area contributed by atoms with Gasteiger partial charge in [0.05, 0.1) is 11.6 Å². The lowest BCUT2D eigenvalue weighted by Crippen LogP contribution is -2.21. The molecule has 0 amide bonds. The van der Waals surface area contributed by atoms with Gasteiger partial charge in [-0.3, -0.25) is 0 Å². The summed E-state index contributed by atoms with van der Waals surface area (Å²) in [7, 11) is 0. The smallest absolute Gasteiger partial charge is 0.422 e. The first kappa shape index (κ1) is 16.8. The minimum absolute atomic E-state index is 0.0304. The van der Waals surface area contributed by atoms with E-state index in [1.807, 2.05) is 18.2 Å². The van der Waals surface area contributed by atoms with Crippen LogP contribution in [0.1, 0.15) is 16.7 Å². The van der Waals surface area contributed by atoms with Crippen LogP contribution in [0.3, 0.4) is 0 Å². The molecule has 1 N–H and O–H groups in total. The predicted octanol–water partition coefficient (Wildman–Crippen LogP) is 3.18. The van der Waals surface area contributed by atoms with Crippen LogP contribution in [-0.2, 0) is 13.1 Å². The quantitative estimate of drug-likeness (QED) is 0.888. The molecule has 0 bridgehead atoms. The van der Waals surface area contributed by atoms with Gasteiger partial charge in [0.25, 0.3) is 0 Å². The van der Waals surface area contributed by atoms with Gasteiger partial charge in [0.2, 0.25) is 5.88 Å². The Bertz CT molecular complexity index is 678. The van der Waals surface area contributed by atoms with E-state index in [1.165, 1.54) is 6.20 Å². The Morgan fingerprint density at radius 1 is 1.13 bits per heavy atom. The maximum Gasteiger partial charge on any atom is 0.422 e. The molecule has 2 rings (SSSR count). The molecule has 4 nitrogen and oxygen atoms in total. The standard InChI is InChI=1S/C16H14F3N3O/c17-16(18,19)11-23-15-14(2-1-7-22-15)10-21-9-13-5-3-12(8-20)4-6-13/h1-7,21H,9-11H2. The second kappa shape index (κ2) is 7.61. The fourth-order valence-electron chi connectivity index (χ4n) is 1.88. The topological polar surface area (TPSA) is 57.9 Å². The summed E-state index contributed by atoms with van der Waals surface area (Å²) in [5, 5.41) is 11.8. The lowest BCUT2D eigenvalue weighted by Gasteiger charge is -2.12. The molecule has 1 aromatic heterocycles. The molecular weight excluding hydrogens is 307 g/mol. The van der Waals surface area contributed by atoms with Crippen molar-refractivity contribution in [3.8, 4) is 11.9 Å². The molecule has 0 radical (unpaired) electrons. The van der Waals surface area contributed by atoms with E-state index < -0.39 is 12.8 Å². The molecule has 0 fully saturated rings. The summed E-state index contributed by atoms with van der Waals surface area (Å²) in [5.41, 5.74) is 2.08. The van der Waals surface area contributed by atoms with Crippen molar-refractivity contribution in [2.24, 2.45) is 0 Å². The fraction of sp³-hybridized carbons (Fsp3) is 0.250. The highest BCUT2D eigenvalue weighted by molar-refractivity contribution is 5.31. The normalized spacial score (nSPS) is 11.0. The van der Waals surface area contributed by atoms with Gasteiger partial charge < -0.3 is 10.1 Å². The lowest BCUT2D eigenvalue weighted by atomic mass is 10.1. The Hall–Kier alpha value is -2.59. The van der Waals surface area contributed by atoms with Crippen LogP contribution >= 0.6 is 0 Å². The van der Waals surface area contributed by atoms with E-state index in [0.717, 1.165) is 5.56 Å². The van der Waals surface area contributed by atoms with Crippen LogP contribution in [0.4, 0.5) is 13.2 Å². The molecule has 1 heterocycles. The molecule has 0 atom stereocenters. The summed E-state index contributed by atoms with van der Waals surface area (Å²) < 4.78 is 41.4. The number of alkyl halides is 3. The van der Waals surface area contributed by atoms with E-state index in [2.05, 4.69) is 10.3 Å². The number of nitriles is 1. The van der Waals surface area contributed by atoms with Crippen LogP contribution in [0.15, 0.2) is 42.6 Å². The maximum atomic E-state index is 12.2. The fourth-order valence-corrected chi connectivity index (χ4v) is 1.88. The van der Waals surface area contributed by atoms with Gasteiger partial charge in [0.1, 0.15) is 0 Å². The number of ether oxygens (including phenoxy) is 1. The molecule has 0 saturated carbocycles. The van der Waals surface area contributed by atoms with Gasteiger partial charge in [-0.1, -0.05) is 18.2 Å². The van der Waals surface area contributed by atoms with E-state index in [4.69, 9.17) is 10.00 Å². The SMILES string of the molecule is N#Cc1ccc(CNCc2cccnc2OCC(F)(F)F)cc1. The molecule has 0 saturated heterocycles. The first-order valence-electron chi connectivity index (χ1n) is 6.81. The number of halogens is 3. The molecule has 7 heteroatoms. The molecule has 0 unspecified atom stereocenters. The third-order valence-corrected chi connectivity index (χ3v) is 2.95. The number of hydrogen-bond donors (Lipinski definition) is 1. The van der Waals surface area contributed by atoms with E-state index in [-0.39, 0.29) is 5.88 Å². The minimum Gasteiger partial charge on any atom is -0.468 e. The van der Waals surface area contributed by atoms with E-state index in [9.17, 15) is 13.2 Å². The Labute approximate surface area is 131 Å². The second-order valence-electron chi connectivity index (χ2n) is 4.78. The van der Waals surface area contributed by atoms with Gasteiger partial charge in [-0.05, 0) is 23.8 Å². The van der Waals surface area contributed by atoms with Crippen molar-refractivity contribution >= 4 is 0 Å². The van der Waals surface area contributed by atoms with Crippen molar-refractivity contribution in [3.63, 3.8) is 0 Å². The summed E-state index contributed by atoms with van der Waals surface area (Å²) in [5.74, 6) is -0.0304. The predicted molar refractivity (Wildman–Crippen MR) is 77.5 cm³/mol. The monoisotopic (exact) mass is 321 g/mol. The summed E-state index contributed by atoms with van der Waals surface area (Å²) in [4.78, 5) is 3.83. The lowest BCUT2D eigenvalue weighted by molar-refractivity contribution is -0.154. The molecule has 0 spiro atoms. The molecule has 23 heavy (non-hydrogen) atoms. The van der Waals surface area contributed by atoms with Crippen LogP contribution in [0.5, 0.6) is 5.88 Å². The van der Waals surface area contributed by atoms with Crippen molar-refractivity contribution < 1.29 is 17.9 Å². The Morgan fingerprint density at radius 3 is 2.52 bits per heavy atom. The maximum absolute atomic E-state index is 12.2. The van der Waals surface area contributed by atoms with Gasteiger partial charge >= 0.3 is 6.18 Å². The zero-order valence-corrected chi connectivity index (χ0v) is 12.1. The highest BCUT2D eigenvalue weighted by atomic mass is 19.4. The highest BCUT2D eigenvalue weighted by Gasteiger charge is 2.29. The first-order chi connectivity index (χ1) is 11.0. The van der Waals surface area contributed by atoms with Crippen molar-refractivity contribution in [2.75, 3.05) is 6.61 Å². The number of rotatable bonds is 6. The molecular formula is C16H14F3N3O. The van der Waals surface area contributed by atoms with E-state index in [0.29, 0.717) is 24.2 Å². The number of benzene rings is 1. The Balaban J connectivity index is 1.91. The van der Waals surface area contributed by atoms with Gasteiger partial charge in [-0.25, -0.2) is 4.98 Å². The summed E-state index contributed by atoms with van der Waals surface area (Å²) in [6.45, 7) is -0.535. The van der Waals surface area contributed by atoms with Crippen LogP contribution < -0.4 is 10.1 Å². The molecule has 120 valence electrons. The van der Waals surface area contributed by atoms with Gasteiger partial charge in [0, 0.05) is 24.8 Å². The average molecular weight is 321 g/mol. The molecule has 2 aromatic rings. The van der Waals surface area contributed by atoms with Crippen LogP contribution in [0, 0.1) is 11.3 Å². The van der Waals surface area contributed by atoms with Crippen LogP contribution in [0.2, 0.25) is 0 Å². The highest BCUT2D eigenvalue weighted by Crippen LogP contribution is 2.19. The van der Waals surface area contributed by atoms with E-state index in [1.54, 1.807) is 24.3 Å². The minimum atomic E-state index is -4.40. The van der Waals surface area contributed by atoms with Crippen LogP contribution in [0.25, 0.3) is 0 Å². The second-order valence-corrected chi connectivity index (χ2v) is 4.78. The van der Waals surface area contributed by atoms with Crippen LogP contribution in [-0.4, -0.2) is 17.8 Å². The van der Waals surface area contributed by atoms with Crippen molar-refractivity contribution in [1.82, 2.24) is 10.3 Å². The van der Waals surface area contributed by atoms with Crippen molar-refractivity contribution in [1.29, 1.82) is 5.26 Å². The Kier molecular flexibility index (Phi) is 5.55. The number of aromatic nitrogens is 1. The molecule has 0 aliphatic rings. The van der Waals surface area contributed by atoms with E-state index >= 15 is 0 Å². The van der Waals surface area contributed by atoms with Gasteiger partial charge in [0.15, 0.2) is 6.61 Å². The average Bonchev–Trinajstić information content (AvgIpc) is 2.54. The number of pyridine rings is 1. The zero-order chi connectivity index (χ0) is 16.7. The number of hydrogen-bond acceptors (Lipinski definition) is 4. The van der Waals surface area contributed by atoms with Crippen molar-refractivity contribution in [2.45, 2.75) is 19.3 Å². The van der Waals surface area contributed by atoms with Crippen molar-refractivity contribution in [3.05, 3.63) is 59.3 Å². The summed E-state index contributed by atoms with van der Waals surface area (Å²) >= 11 is 0. The molecule has 0 aliphatic carbocycles. The van der Waals surface area contributed by atoms with Gasteiger partial charge in [-0.15, -0.1) is 0 Å². The Morgan fingerprint density at radius 2 is 1.87 bits per heavy atom. The molecule has 0 aliphatic heterocycles. The third kappa shape index (κ3) is 5.60. The summed E-state index contributed by atoms with van der Waals surface area (Å²) in [6, 6.07) is 12.4. The third-order valence-electron chi connectivity index (χ3n) is 2.95. The number of nitrogens with zero attached hydrogens (tertiary/aromatic N) is 2. The number of nitrogens with one attached hydrogen (secondary N) is 1. The largest absolute Gasteiger partial charge is 0.468 e. The zero-order valence-electron chi connectivity index (χ0n) is 12.1. The van der Waals surface area contributed by atoms with Gasteiger partial charge in [-0.2, -0.15) is 18.4 Å². The molecule has 1 aromatic carbocycles. The first-order valence-corrected chi connectivity index (χ1v) is 6.81. The summed E-state index contributed by atoms with van der Waals surface area (Å²) in [6.07, 6.45) is -3.01.